The molecule has 0 aliphatic heterocycles. The van der Waals surface area contributed by atoms with Crippen LogP contribution in [0.1, 0.15) is 6.92 Å². The SMILES string of the molecule is CC(F)/C=C\C#N. The third-order valence-corrected chi connectivity index (χ3v) is 0.436. The largest absolute Gasteiger partial charge is 0.243 e. The van der Waals surface area contributed by atoms with Gasteiger partial charge in [0.05, 0.1) is 6.07 Å². The van der Waals surface area contributed by atoms with Gasteiger partial charge in [-0.3, -0.25) is 0 Å². The second kappa shape index (κ2) is 3.35. The second-order valence-electron chi connectivity index (χ2n) is 1.17. The molecular weight excluding hydrogens is 93.1 g/mol. The highest BCUT2D eigenvalue weighted by Crippen LogP contribution is 1.87. The molecule has 0 saturated heterocycles. The Hall–Kier alpha value is -0.840. The molecule has 0 aromatic carbocycles. The van der Waals surface area contributed by atoms with Gasteiger partial charge in [0.25, 0.3) is 0 Å². The Morgan fingerprint density at radius 2 is 2.43 bits per heavy atom. The summed E-state index contributed by atoms with van der Waals surface area (Å²) in [5.41, 5.74) is 0. The maximum atomic E-state index is 11.7. The third-order valence-electron chi connectivity index (χ3n) is 0.436. The van der Waals surface area contributed by atoms with E-state index in [1.165, 1.54) is 13.0 Å². The normalized spacial score (nSPS) is 13.9. The quantitative estimate of drug-likeness (QED) is 0.456. The molecule has 38 valence electrons. The molecule has 0 bridgehead atoms. The molecule has 2 heteroatoms. The van der Waals surface area contributed by atoms with Gasteiger partial charge in [0.15, 0.2) is 0 Å². The van der Waals surface area contributed by atoms with E-state index in [-0.39, 0.29) is 0 Å². The first-order chi connectivity index (χ1) is 3.27. The van der Waals surface area contributed by atoms with E-state index in [4.69, 9.17) is 5.26 Å². The average Bonchev–Trinajstić information content (AvgIpc) is 1.61. The molecule has 0 amide bonds. The van der Waals surface area contributed by atoms with E-state index in [0.717, 1.165) is 6.08 Å². The summed E-state index contributed by atoms with van der Waals surface area (Å²) in [7, 11) is 0. The van der Waals surface area contributed by atoms with Crippen LogP contribution in [-0.4, -0.2) is 6.17 Å². The van der Waals surface area contributed by atoms with Crippen molar-refractivity contribution in [3.05, 3.63) is 12.2 Å². The molecule has 0 aromatic heterocycles. The lowest BCUT2D eigenvalue weighted by molar-refractivity contribution is 0.431. The van der Waals surface area contributed by atoms with Crippen LogP contribution in [0.2, 0.25) is 0 Å². The van der Waals surface area contributed by atoms with Gasteiger partial charge in [-0.25, -0.2) is 4.39 Å². The Bertz CT molecular complexity index is 99.1. The minimum Gasteiger partial charge on any atom is -0.243 e. The number of halogens is 1. The van der Waals surface area contributed by atoms with Crippen LogP contribution < -0.4 is 0 Å². The molecule has 0 fully saturated rings. The molecule has 0 rings (SSSR count). The summed E-state index contributed by atoms with van der Waals surface area (Å²) in [5, 5.41) is 7.81. The van der Waals surface area contributed by atoms with E-state index in [0.29, 0.717) is 0 Å². The molecule has 0 heterocycles. The van der Waals surface area contributed by atoms with Gasteiger partial charge in [-0.15, -0.1) is 0 Å². The highest BCUT2D eigenvalue weighted by molar-refractivity contribution is 5.03. The maximum absolute atomic E-state index is 11.7. The Morgan fingerprint density at radius 1 is 1.86 bits per heavy atom. The first-order valence-corrected chi connectivity index (χ1v) is 1.97. The van der Waals surface area contributed by atoms with Crippen molar-refractivity contribution in [2.24, 2.45) is 0 Å². The fourth-order valence-corrected chi connectivity index (χ4v) is 0.176. The van der Waals surface area contributed by atoms with Gasteiger partial charge < -0.3 is 0 Å². The number of hydrogen-bond donors (Lipinski definition) is 0. The zero-order valence-electron chi connectivity index (χ0n) is 4.06. The smallest absolute Gasteiger partial charge is 0.116 e. The number of nitriles is 1. The van der Waals surface area contributed by atoms with Crippen molar-refractivity contribution < 1.29 is 4.39 Å². The summed E-state index contributed by atoms with van der Waals surface area (Å²) in [6.45, 7) is 1.37. The molecule has 1 nitrogen and oxygen atoms in total. The van der Waals surface area contributed by atoms with Crippen LogP contribution in [0.4, 0.5) is 4.39 Å². The lowest BCUT2D eigenvalue weighted by Crippen LogP contribution is -1.80. The Morgan fingerprint density at radius 3 is 2.57 bits per heavy atom. The van der Waals surface area contributed by atoms with Gasteiger partial charge in [0.1, 0.15) is 6.17 Å². The van der Waals surface area contributed by atoms with Crippen LogP contribution in [0.5, 0.6) is 0 Å². The number of allylic oxidation sites excluding steroid dienone is 2. The van der Waals surface area contributed by atoms with Crippen LogP contribution in [0.3, 0.4) is 0 Å². The second-order valence-corrected chi connectivity index (χ2v) is 1.17. The Labute approximate surface area is 42.1 Å². The number of hydrogen-bond acceptors (Lipinski definition) is 1. The zero-order chi connectivity index (χ0) is 5.70. The molecular formula is C5H6FN. The van der Waals surface area contributed by atoms with Gasteiger partial charge in [0.2, 0.25) is 0 Å². The molecule has 1 atom stereocenters. The lowest BCUT2D eigenvalue weighted by Gasteiger charge is -1.81. The van der Waals surface area contributed by atoms with Gasteiger partial charge in [-0.05, 0) is 13.0 Å². The first kappa shape index (κ1) is 6.16. The average molecular weight is 99.1 g/mol. The minimum atomic E-state index is -1.00. The van der Waals surface area contributed by atoms with Crippen molar-refractivity contribution in [2.45, 2.75) is 13.1 Å². The predicted molar refractivity (Wildman–Crippen MR) is 25.3 cm³/mol. The van der Waals surface area contributed by atoms with Crippen molar-refractivity contribution in [1.82, 2.24) is 0 Å². The highest BCUT2D eigenvalue weighted by Gasteiger charge is 1.83. The van der Waals surface area contributed by atoms with Crippen molar-refractivity contribution >= 4 is 0 Å². The van der Waals surface area contributed by atoms with Crippen molar-refractivity contribution in [2.75, 3.05) is 0 Å². The predicted octanol–water partition coefficient (Wildman–Crippen LogP) is 1.42. The third kappa shape index (κ3) is 5.16. The lowest BCUT2D eigenvalue weighted by atomic mass is 10.4. The van der Waals surface area contributed by atoms with Crippen LogP contribution in [0.25, 0.3) is 0 Å². The molecule has 0 saturated carbocycles. The van der Waals surface area contributed by atoms with Crippen molar-refractivity contribution in [3.63, 3.8) is 0 Å². The minimum absolute atomic E-state index is 1.00. The van der Waals surface area contributed by atoms with E-state index in [2.05, 4.69) is 0 Å². The monoisotopic (exact) mass is 99.0 g/mol. The molecule has 0 aliphatic carbocycles. The standard InChI is InChI=1S/C5H6FN/c1-5(6)3-2-4-7/h2-3,5H,1H3/b3-2-. The van der Waals surface area contributed by atoms with Gasteiger partial charge >= 0.3 is 0 Å². The van der Waals surface area contributed by atoms with Gasteiger partial charge in [0, 0.05) is 6.08 Å². The summed E-state index contributed by atoms with van der Waals surface area (Å²) in [6, 6.07) is 1.68. The van der Waals surface area contributed by atoms with Crippen LogP contribution in [-0.2, 0) is 0 Å². The summed E-state index contributed by atoms with van der Waals surface area (Å²) >= 11 is 0. The van der Waals surface area contributed by atoms with E-state index >= 15 is 0 Å². The topological polar surface area (TPSA) is 23.8 Å². The van der Waals surface area contributed by atoms with Crippen LogP contribution >= 0.6 is 0 Å². The van der Waals surface area contributed by atoms with Crippen LogP contribution in [0, 0.1) is 11.3 Å². The molecule has 7 heavy (non-hydrogen) atoms. The molecule has 0 N–H and O–H groups in total. The summed E-state index contributed by atoms with van der Waals surface area (Å²) in [4.78, 5) is 0. The molecule has 0 radical (unpaired) electrons. The van der Waals surface area contributed by atoms with Gasteiger partial charge in [-0.2, -0.15) is 5.26 Å². The van der Waals surface area contributed by atoms with E-state index in [9.17, 15) is 4.39 Å². The van der Waals surface area contributed by atoms with Crippen molar-refractivity contribution in [3.8, 4) is 6.07 Å². The molecule has 0 aliphatic rings. The Kier molecular flexibility index (Phi) is 2.95. The van der Waals surface area contributed by atoms with E-state index < -0.39 is 6.17 Å². The molecule has 0 aromatic rings. The summed E-state index contributed by atoms with van der Waals surface area (Å²) in [5.74, 6) is 0. The highest BCUT2D eigenvalue weighted by atomic mass is 19.1. The fraction of sp³-hybridized carbons (Fsp3) is 0.400. The zero-order valence-corrected chi connectivity index (χ0v) is 4.06. The molecule has 1 unspecified atom stereocenters. The van der Waals surface area contributed by atoms with E-state index in [1.807, 2.05) is 0 Å². The summed E-state index contributed by atoms with van der Waals surface area (Å²) in [6.07, 6.45) is 1.32. The van der Waals surface area contributed by atoms with Crippen molar-refractivity contribution in [1.29, 1.82) is 5.26 Å². The number of rotatable bonds is 1. The summed E-state index contributed by atoms with van der Waals surface area (Å²) < 4.78 is 11.7. The maximum Gasteiger partial charge on any atom is 0.116 e. The number of alkyl halides is 1. The molecule has 0 spiro atoms. The fourth-order valence-electron chi connectivity index (χ4n) is 0.176. The van der Waals surface area contributed by atoms with E-state index in [1.54, 1.807) is 6.07 Å². The van der Waals surface area contributed by atoms with Crippen LogP contribution in [0.15, 0.2) is 12.2 Å². The Balaban J connectivity index is 3.31. The van der Waals surface area contributed by atoms with Gasteiger partial charge in [-0.1, -0.05) is 0 Å². The number of nitrogens with zero attached hydrogens (tertiary/aromatic N) is 1. The first-order valence-electron chi connectivity index (χ1n) is 1.97.